The summed E-state index contributed by atoms with van der Waals surface area (Å²) >= 11 is 0. The van der Waals surface area contributed by atoms with E-state index in [0.29, 0.717) is 23.7 Å². The van der Waals surface area contributed by atoms with Crippen molar-refractivity contribution in [3.05, 3.63) is 53.3 Å². The summed E-state index contributed by atoms with van der Waals surface area (Å²) in [7, 11) is 0. The number of carbonyl (C=O) groups excluding carboxylic acids is 1. The molecule has 1 aliphatic rings. The molecule has 1 amide bonds. The van der Waals surface area contributed by atoms with Crippen LogP contribution >= 0.6 is 0 Å². The number of hydrogen-bond acceptors (Lipinski definition) is 6. The topological polar surface area (TPSA) is 92.4 Å². The van der Waals surface area contributed by atoms with Gasteiger partial charge in [0.1, 0.15) is 6.04 Å². The van der Waals surface area contributed by atoms with Crippen molar-refractivity contribution >= 4 is 16.8 Å². The molecule has 1 fully saturated rings. The standard InChI is InChI=1S/C18H18N4O3/c1-10-3-4-12-7-13(5-6-15(12)19-10)18(24)22-9-14(23)8-16(22)17-20-11(2)21-25-17/h3-7,14,16,23H,8-9H2,1-2H3/t14-,16-/m1/s1. The van der Waals surface area contributed by atoms with Crippen molar-refractivity contribution in [3.8, 4) is 0 Å². The first-order valence-electron chi connectivity index (χ1n) is 8.18. The smallest absolute Gasteiger partial charge is 0.254 e. The third-order valence-corrected chi connectivity index (χ3v) is 4.44. The van der Waals surface area contributed by atoms with Crippen molar-refractivity contribution in [1.82, 2.24) is 20.0 Å². The summed E-state index contributed by atoms with van der Waals surface area (Å²) in [6, 6.07) is 8.89. The molecule has 1 aromatic carbocycles. The molecule has 0 unspecified atom stereocenters. The fourth-order valence-corrected chi connectivity index (χ4v) is 3.25. The Hall–Kier alpha value is -2.80. The minimum absolute atomic E-state index is 0.167. The van der Waals surface area contributed by atoms with Crippen LogP contribution in [0.15, 0.2) is 34.9 Å². The maximum Gasteiger partial charge on any atom is 0.254 e. The van der Waals surface area contributed by atoms with E-state index in [2.05, 4.69) is 15.1 Å². The van der Waals surface area contributed by atoms with E-state index in [0.717, 1.165) is 16.6 Å². The molecular weight excluding hydrogens is 320 g/mol. The summed E-state index contributed by atoms with van der Waals surface area (Å²) in [5, 5.41) is 14.7. The van der Waals surface area contributed by atoms with Gasteiger partial charge in [0.15, 0.2) is 5.82 Å². The number of carbonyl (C=O) groups is 1. The fraction of sp³-hybridized carbons (Fsp3) is 0.333. The SMILES string of the molecule is Cc1ccc2cc(C(=O)N3C[C@H](O)C[C@@H]3c3nc(C)no3)ccc2n1. The number of hydrogen-bond donors (Lipinski definition) is 1. The third kappa shape index (κ3) is 2.87. The van der Waals surface area contributed by atoms with Crippen LogP contribution in [0.4, 0.5) is 0 Å². The molecule has 0 spiro atoms. The summed E-state index contributed by atoms with van der Waals surface area (Å²) in [6.45, 7) is 3.90. The lowest BCUT2D eigenvalue weighted by Gasteiger charge is -2.21. The van der Waals surface area contributed by atoms with E-state index >= 15 is 0 Å². The molecule has 0 saturated carbocycles. The van der Waals surface area contributed by atoms with Crippen molar-refractivity contribution in [2.45, 2.75) is 32.4 Å². The number of aliphatic hydroxyl groups is 1. The van der Waals surface area contributed by atoms with Gasteiger partial charge in [-0.1, -0.05) is 11.2 Å². The number of fused-ring (bicyclic) bond motifs is 1. The number of aliphatic hydroxyl groups excluding tert-OH is 1. The van der Waals surface area contributed by atoms with E-state index in [1.807, 2.05) is 31.2 Å². The summed E-state index contributed by atoms with van der Waals surface area (Å²) in [4.78, 5) is 23.3. The predicted octanol–water partition coefficient (Wildman–Crippen LogP) is 2.18. The number of nitrogens with zero attached hydrogens (tertiary/aromatic N) is 4. The van der Waals surface area contributed by atoms with Gasteiger partial charge in [-0.2, -0.15) is 4.98 Å². The number of benzene rings is 1. The van der Waals surface area contributed by atoms with Crippen molar-refractivity contribution in [2.24, 2.45) is 0 Å². The first kappa shape index (κ1) is 15.7. The average Bonchev–Trinajstić information content (AvgIpc) is 3.19. The molecule has 0 bridgehead atoms. The van der Waals surface area contributed by atoms with Gasteiger partial charge in [0.2, 0.25) is 5.89 Å². The molecule has 7 heteroatoms. The van der Waals surface area contributed by atoms with Gasteiger partial charge in [0.25, 0.3) is 5.91 Å². The zero-order valence-electron chi connectivity index (χ0n) is 14.0. The van der Waals surface area contributed by atoms with Gasteiger partial charge < -0.3 is 14.5 Å². The van der Waals surface area contributed by atoms with Crippen LogP contribution in [0.1, 0.15) is 40.2 Å². The Bertz CT molecular complexity index is 952. The molecular formula is C18H18N4O3. The van der Waals surface area contributed by atoms with Crippen LogP contribution in [0, 0.1) is 13.8 Å². The fourth-order valence-electron chi connectivity index (χ4n) is 3.25. The van der Waals surface area contributed by atoms with Gasteiger partial charge >= 0.3 is 0 Å². The lowest BCUT2D eigenvalue weighted by Crippen LogP contribution is -2.32. The van der Waals surface area contributed by atoms with Crippen LogP contribution in [0.2, 0.25) is 0 Å². The van der Waals surface area contributed by atoms with Crippen molar-refractivity contribution < 1.29 is 14.4 Å². The monoisotopic (exact) mass is 338 g/mol. The van der Waals surface area contributed by atoms with Crippen molar-refractivity contribution in [3.63, 3.8) is 0 Å². The highest BCUT2D eigenvalue weighted by Gasteiger charge is 2.39. The molecule has 3 aromatic rings. The highest BCUT2D eigenvalue weighted by Crippen LogP contribution is 2.32. The molecule has 128 valence electrons. The second-order valence-corrected chi connectivity index (χ2v) is 6.40. The van der Waals surface area contributed by atoms with E-state index in [1.54, 1.807) is 17.9 Å². The van der Waals surface area contributed by atoms with Crippen molar-refractivity contribution in [1.29, 1.82) is 0 Å². The molecule has 4 rings (SSSR count). The number of pyridine rings is 1. The number of aromatic nitrogens is 3. The molecule has 3 heterocycles. The molecule has 1 saturated heterocycles. The zero-order valence-corrected chi connectivity index (χ0v) is 14.0. The van der Waals surface area contributed by atoms with Crippen LogP contribution in [0.3, 0.4) is 0 Å². The Morgan fingerprint density at radius 1 is 1.24 bits per heavy atom. The second kappa shape index (κ2) is 5.93. The summed E-state index contributed by atoms with van der Waals surface area (Å²) < 4.78 is 5.22. The van der Waals surface area contributed by atoms with E-state index < -0.39 is 12.1 Å². The van der Waals surface area contributed by atoms with Crippen molar-refractivity contribution in [2.75, 3.05) is 6.54 Å². The highest BCUT2D eigenvalue weighted by atomic mass is 16.5. The normalized spacial score (nSPS) is 20.4. The second-order valence-electron chi connectivity index (χ2n) is 6.40. The van der Waals surface area contributed by atoms with Crippen LogP contribution in [-0.2, 0) is 0 Å². The number of amides is 1. The lowest BCUT2D eigenvalue weighted by molar-refractivity contribution is 0.0693. The summed E-state index contributed by atoms with van der Waals surface area (Å²) in [6.07, 6.45) is -0.215. The summed E-state index contributed by atoms with van der Waals surface area (Å²) in [5.41, 5.74) is 2.33. The van der Waals surface area contributed by atoms with Gasteiger partial charge in [-0.3, -0.25) is 9.78 Å². The Balaban J connectivity index is 1.67. The summed E-state index contributed by atoms with van der Waals surface area (Å²) in [5.74, 6) is 0.705. The Labute approximate surface area is 144 Å². The number of β-amino-alcohol motifs (C(OH)–C–C–N with tert-alkyl or cyclic N) is 1. The van der Waals surface area contributed by atoms with Gasteiger partial charge in [-0.25, -0.2) is 0 Å². The molecule has 1 N–H and O–H groups in total. The molecule has 25 heavy (non-hydrogen) atoms. The molecule has 0 radical (unpaired) electrons. The Morgan fingerprint density at radius 3 is 2.84 bits per heavy atom. The van der Waals surface area contributed by atoms with E-state index in [4.69, 9.17) is 4.52 Å². The van der Waals surface area contributed by atoms with Gasteiger partial charge in [0, 0.05) is 29.6 Å². The maximum absolute atomic E-state index is 13.0. The quantitative estimate of drug-likeness (QED) is 0.770. The minimum atomic E-state index is -0.606. The first-order valence-corrected chi connectivity index (χ1v) is 8.18. The van der Waals surface area contributed by atoms with E-state index in [-0.39, 0.29) is 12.5 Å². The van der Waals surface area contributed by atoms with Crippen LogP contribution in [0.5, 0.6) is 0 Å². The Kier molecular flexibility index (Phi) is 3.73. The lowest BCUT2D eigenvalue weighted by atomic mass is 10.1. The van der Waals surface area contributed by atoms with Crippen LogP contribution in [0.25, 0.3) is 10.9 Å². The molecule has 0 aliphatic carbocycles. The molecule has 2 aromatic heterocycles. The molecule has 1 aliphatic heterocycles. The van der Waals surface area contributed by atoms with E-state index in [1.165, 1.54) is 0 Å². The number of aryl methyl sites for hydroxylation is 2. The van der Waals surface area contributed by atoms with Crippen LogP contribution in [-0.4, -0.2) is 43.7 Å². The third-order valence-electron chi connectivity index (χ3n) is 4.44. The van der Waals surface area contributed by atoms with Gasteiger partial charge in [-0.05, 0) is 38.1 Å². The average molecular weight is 338 g/mol. The maximum atomic E-state index is 13.0. The number of likely N-dealkylation sites (tertiary alicyclic amines) is 1. The minimum Gasteiger partial charge on any atom is -0.391 e. The zero-order chi connectivity index (χ0) is 17.6. The largest absolute Gasteiger partial charge is 0.391 e. The predicted molar refractivity (Wildman–Crippen MR) is 89.9 cm³/mol. The molecule has 7 nitrogen and oxygen atoms in total. The van der Waals surface area contributed by atoms with E-state index in [9.17, 15) is 9.90 Å². The first-order chi connectivity index (χ1) is 12.0. The number of rotatable bonds is 2. The van der Waals surface area contributed by atoms with Crippen LogP contribution < -0.4 is 0 Å². The molecule has 2 atom stereocenters. The highest BCUT2D eigenvalue weighted by molar-refractivity contribution is 5.98. The van der Waals surface area contributed by atoms with Gasteiger partial charge in [0.05, 0.1) is 11.6 Å². The van der Waals surface area contributed by atoms with Gasteiger partial charge in [-0.15, -0.1) is 0 Å². The Morgan fingerprint density at radius 2 is 2.08 bits per heavy atom.